The molecule has 0 atom stereocenters. The molecule has 1 aromatic carbocycles. The highest BCUT2D eigenvalue weighted by Gasteiger charge is 2.28. The molecule has 0 amide bonds. The van der Waals surface area contributed by atoms with E-state index in [-0.39, 0.29) is 0 Å². The van der Waals surface area contributed by atoms with Crippen molar-refractivity contribution in [3.05, 3.63) is 41.6 Å². The Morgan fingerprint density at radius 2 is 1.93 bits per heavy atom. The Balaban J connectivity index is 1.35. The minimum absolute atomic E-state index is 0.704. The second-order valence-electron chi connectivity index (χ2n) is 8.51. The van der Waals surface area contributed by atoms with Gasteiger partial charge in [0.15, 0.2) is 5.65 Å². The quantitative estimate of drug-likeness (QED) is 0.661. The Hall–Kier alpha value is -2.05. The number of piperidine rings is 1. The minimum atomic E-state index is 0.704. The van der Waals surface area contributed by atoms with Crippen LogP contribution in [0, 0.1) is 5.92 Å². The van der Waals surface area contributed by atoms with Crippen LogP contribution in [0.15, 0.2) is 36.5 Å². The van der Waals surface area contributed by atoms with Gasteiger partial charge in [0.05, 0.1) is 5.69 Å². The Morgan fingerprint density at radius 1 is 1.14 bits per heavy atom. The first-order chi connectivity index (χ1) is 14.2. The van der Waals surface area contributed by atoms with Gasteiger partial charge in [-0.1, -0.05) is 36.2 Å². The van der Waals surface area contributed by atoms with Gasteiger partial charge in [-0.2, -0.15) is 9.61 Å². The van der Waals surface area contributed by atoms with E-state index in [0.717, 1.165) is 45.8 Å². The number of benzene rings is 1. The van der Waals surface area contributed by atoms with Crippen LogP contribution in [0.5, 0.6) is 0 Å². The minimum Gasteiger partial charge on any atom is -0.370 e. The molecule has 3 heterocycles. The molecule has 2 aliphatic rings. The second kappa shape index (κ2) is 8.00. The van der Waals surface area contributed by atoms with E-state index < -0.39 is 0 Å². The average molecular weight is 408 g/mol. The molecule has 0 unspecified atom stereocenters. The number of nitrogens with one attached hydrogen (secondary N) is 1. The maximum Gasteiger partial charge on any atom is 0.151 e. The third-order valence-corrected chi connectivity index (χ3v) is 6.94. The number of rotatable bonds is 5. The third kappa shape index (κ3) is 3.76. The molecule has 1 aliphatic heterocycles. The second-order valence-corrected chi connectivity index (χ2v) is 8.92. The molecule has 5 nitrogen and oxygen atoms in total. The predicted molar refractivity (Wildman–Crippen MR) is 122 cm³/mol. The fourth-order valence-corrected chi connectivity index (χ4v) is 4.76. The lowest BCUT2D eigenvalue weighted by Gasteiger charge is -2.41. The van der Waals surface area contributed by atoms with Gasteiger partial charge in [0, 0.05) is 35.4 Å². The van der Waals surface area contributed by atoms with Crippen molar-refractivity contribution in [2.45, 2.75) is 38.1 Å². The van der Waals surface area contributed by atoms with E-state index in [0.29, 0.717) is 5.92 Å². The van der Waals surface area contributed by atoms with Gasteiger partial charge in [-0.05, 0) is 56.2 Å². The van der Waals surface area contributed by atoms with Crippen molar-refractivity contribution in [1.82, 2.24) is 19.5 Å². The Kier molecular flexibility index (Phi) is 5.23. The summed E-state index contributed by atoms with van der Waals surface area (Å²) in [7, 11) is 2.05. The SMILES string of the molecule is Bc1cnn2c(NCC3CCN(C4CCC4)CC3)cc(-c3ccccc3Cl)nc12. The number of fused-ring (bicyclic) bond motifs is 1. The highest BCUT2D eigenvalue weighted by molar-refractivity contribution is 6.36. The Labute approximate surface area is 177 Å². The van der Waals surface area contributed by atoms with Crippen LogP contribution in [0.3, 0.4) is 0 Å². The number of likely N-dealkylation sites (tertiary alicyclic amines) is 1. The van der Waals surface area contributed by atoms with Crippen LogP contribution in [0.25, 0.3) is 16.9 Å². The highest BCUT2D eigenvalue weighted by Crippen LogP contribution is 2.30. The molecule has 1 aliphatic carbocycles. The highest BCUT2D eigenvalue weighted by atomic mass is 35.5. The van der Waals surface area contributed by atoms with Gasteiger partial charge in [-0.25, -0.2) is 4.98 Å². The molecule has 2 aromatic heterocycles. The molecule has 0 radical (unpaired) electrons. The molecule has 5 rings (SSSR count). The zero-order chi connectivity index (χ0) is 19.8. The van der Waals surface area contributed by atoms with Gasteiger partial charge >= 0.3 is 0 Å². The van der Waals surface area contributed by atoms with Crippen molar-refractivity contribution in [3.8, 4) is 11.3 Å². The first-order valence-electron chi connectivity index (χ1n) is 10.8. The van der Waals surface area contributed by atoms with Crippen LogP contribution in [-0.4, -0.2) is 53.0 Å². The number of aromatic nitrogens is 3. The zero-order valence-corrected chi connectivity index (χ0v) is 17.7. The van der Waals surface area contributed by atoms with Crippen molar-refractivity contribution >= 4 is 36.4 Å². The molecular formula is C22H27BClN5. The maximum absolute atomic E-state index is 6.44. The number of anilines is 1. The topological polar surface area (TPSA) is 45.5 Å². The van der Waals surface area contributed by atoms with Gasteiger partial charge in [0.1, 0.15) is 13.7 Å². The summed E-state index contributed by atoms with van der Waals surface area (Å²) < 4.78 is 1.92. The summed E-state index contributed by atoms with van der Waals surface area (Å²) in [6.45, 7) is 3.46. The molecule has 0 bridgehead atoms. The predicted octanol–water partition coefficient (Wildman–Crippen LogP) is 2.98. The summed E-state index contributed by atoms with van der Waals surface area (Å²) in [6, 6.07) is 10.8. The van der Waals surface area contributed by atoms with E-state index in [1.165, 1.54) is 45.2 Å². The average Bonchev–Trinajstić information content (AvgIpc) is 3.07. The summed E-state index contributed by atoms with van der Waals surface area (Å²) in [4.78, 5) is 7.54. The fourth-order valence-electron chi connectivity index (χ4n) is 4.53. The van der Waals surface area contributed by atoms with Gasteiger partial charge < -0.3 is 10.2 Å². The van der Waals surface area contributed by atoms with E-state index in [1.807, 2.05) is 42.8 Å². The smallest absolute Gasteiger partial charge is 0.151 e. The van der Waals surface area contributed by atoms with E-state index in [4.69, 9.17) is 16.6 Å². The summed E-state index contributed by atoms with van der Waals surface area (Å²) in [6.07, 6.45) is 8.64. The van der Waals surface area contributed by atoms with Crippen LogP contribution in [0.4, 0.5) is 5.82 Å². The third-order valence-electron chi connectivity index (χ3n) is 6.61. The molecule has 1 saturated carbocycles. The molecule has 0 spiro atoms. The Morgan fingerprint density at radius 3 is 2.66 bits per heavy atom. The standard InChI is InChI=1S/C22H27BClN5/c23-18-14-26-29-21(12-20(27-22(18)29)17-6-1-2-7-19(17)24)25-13-15-8-10-28(11-9-15)16-4-3-5-16/h1-2,6-7,12,14-16,25H,3-5,8-11,13,23H2. The molecular weight excluding hydrogens is 381 g/mol. The van der Waals surface area contributed by atoms with Crippen LogP contribution in [0.2, 0.25) is 5.02 Å². The number of halogens is 1. The van der Waals surface area contributed by atoms with Crippen LogP contribution < -0.4 is 10.8 Å². The monoisotopic (exact) mass is 407 g/mol. The van der Waals surface area contributed by atoms with Crippen LogP contribution in [-0.2, 0) is 0 Å². The van der Waals surface area contributed by atoms with Gasteiger partial charge in [-0.3, -0.25) is 0 Å². The molecule has 3 aromatic rings. The molecule has 150 valence electrons. The molecule has 1 saturated heterocycles. The lowest BCUT2D eigenvalue weighted by atomic mass is 9.88. The number of nitrogens with zero attached hydrogens (tertiary/aromatic N) is 4. The van der Waals surface area contributed by atoms with Crippen LogP contribution in [0.1, 0.15) is 32.1 Å². The zero-order valence-electron chi connectivity index (χ0n) is 16.9. The number of hydrogen-bond donors (Lipinski definition) is 1. The van der Waals surface area contributed by atoms with Crippen molar-refractivity contribution in [2.75, 3.05) is 25.0 Å². The lowest BCUT2D eigenvalue weighted by molar-refractivity contribution is 0.0871. The maximum atomic E-state index is 6.44. The summed E-state index contributed by atoms with van der Waals surface area (Å²) in [5.41, 5.74) is 3.78. The van der Waals surface area contributed by atoms with Crippen molar-refractivity contribution in [3.63, 3.8) is 0 Å². The largest absolute Gasteiger partial charge is 0.370 e. The van der Waals surface area contributed by atoms with E-state index in [9.17, 15) is 0 Å². The number of hydrogen-bond acceptors (Lipinski definition) is 4. The fraction of sp³-hybridized carbons (Fsp3) is 0.455. The van der Waals surface area contributed by atoms with E-state index in [2.05, 4.69) is 21.4 Å². The van der Waals surface area contributed by atoms with E-state index >= 15 is 0 Å². The van der Waals surface area contributed by atoms with Gasteiger partial charge in [0.2, 0.25) is 0 Å². The van der Waals surface area contributed by atoms with Crippen molar-refractivity contribution < 1.29 is 0 Å². The van der Waals surface area contributed by atoms with E-state index in [1.54, 1.807) is 0 Å². The van der Waals surface area contributed by atoms with Gasteiger partial charge in [0.25, 0.3) is 0 Å². The van der Waals surface area contributed by atoms with Crippen molar-refractivity contribution in [2.24, 2.45) is 5.92 Å². The normalized spacial score (nSPS) is 18.8. The first-order valence-corrected chi connectivity index (χ1v) is 11.1. The van der Waals surface area contributed by atoms with Crippen molar-refractivity contribution in [1.29, 1.82) is 0 Å². The van der Waals surface area contributed by atoms with Crippen LogP contribution >= 0.6 is 11.6 Å². The first kappa shape index (κ1) is 19.0. The summed E-state index contributed by atoms with van der Waals surface area (Å²) in [5.74, 6) is 1.69. The molecule has 1 N–H and O–H groups in total. The van der Waals surface area contributed by atoms with Gasteiger partial charge in [-0.15, -0.1) is 0 Å². The molecule has 7 heteroatoms. The molecule has 2 fully saturated rings. The summed E-state index contributed by atoms with van der Waals surface area (Å²) in [5, 5.41) is 8.93. The Bertz CT molecular complexity index is 1010. The summed E-state index contributed by atoms with van der Waals surface area (Å²) >= 11 is 6.44. The lowest BCUT2D eigenvalue weighted by Crippen LogP contribution is -2.45. The molecule has 29 heavy (non-hydrogen) atoms.